The Morgan fingerprint density at radius 2 is 2.00 bits per heavy atom. The van der Waals surface area contributed by atoms with Crippen molar-refractivity contribution in [3.05, 3.63) is 47.3 Å². The number of benzene rings is 1. The van der Waals surface area contributed by atoms with Crippen LogP contribution in [-0.2, 0) is 4.74 Å². The van der Waals surface area contributed by atoms with Crippen molar-refractivity contribution in [2.24, 2.45) is 0 Å². The number of rotatable bonds is 5. The fourth-order valence-corrected chi connectivity index (χ4v) is 2.01. The molecule has 1 aromatic heterocycles. The number of hydrogen-bond acceptors (Lipinski definition) is 4. The van der Waals surface area contributed by atoms with Crippen molar-refractivity contribution in [1.82, 2.24) is 15.0 Å². The lowest BCUT2D eigenvalue weighted by molar-refractivity contribution is 0.0506. The zero-order valence-electron chi connectivity index (χ0n) is 11.7. The summed E-state index contributed by atoms with van der Waals surface area (Å²) in [4.78, 5) is 11.7. The lowest BCUT2D eigenvalue weighted by atomic mass is 10.1. The maximum atomic E-state index is 13.3. The molecule has 0 saturated carbocycles. The topological polar surface area (TPSA) is 57.0 Å². The number of carbonyl (C=O) groups excluding carboxylic acids is 1. The second-order valence-electron chi connectivity index (χ2n) is 4.38. The summed E-state index contributed by atoms with van der Waals surface area (Å²) in [5.74, 6) is -0.890. The Balaban J connectivity index is 2.43. The van der Waals surface area contributed by atoms with Crippen LogP contribution in [-0.4, -0.2) is 27.6 Å². The van der Waals surface area contributed by atoms with Gasteiger partial charge < -0.3 is 4.74 Å². The van der Waals surface area contributed by atoms with E-state index in [1.54, 1.807) is 38.1 Å². The third-order valence-corrected chi connectivity index (χ3v) is 3.05. The van der Waals surface area contributed by atoms with Crippen LogP contribution in [0.2, 0.25) is 0 Å². The Kier molecular flexibility index (Phi) is 4.62. The minimum Gasteiger partial charge on any atom is -0.461 e. The van der Waals surface area contributed by atoms with Crippen molar-refractivity contribution in [3.63, 3.8) is 0 Å². The highest BCUT2D eigenvalue weighted by atomic mass is 19.3. The Bertz CT molecular complexity index is 614. The molecule has 0 fully saturated rings. The van der Waals surface area contributed by atoms with Gasteiger partial charge in [-0.15, -0.1) is 5.10 Å². The van der Waals surface area contributed by atoms with E-state index in [1.165, 1.54) is 0 Å². The molecule has 0 aliphatic heterocycles. The summed E-state index contributed by atoms with van der Waals surface area (Å²) in [6, 6.07) is 8.56. The highest BCUT2D eigenvalue weighted by Gasteiger charge is 2.29. The van der Waals surface area contributed by atoms with Crippen molar-refractivity contribution in [2.75, 3.05) is 6.61 Å². The van der Waals surface area contributed by atoms with Gasteiger partial charge in [-0.3, -0.25) is 0 Å². The number of nitrogens with zero attached hydrogens (tertiary/aromatic N) is 3. The summed E-state index contributed by atoms with van der Waals surface area (Å²) >= 11 is 0. The van der Waals surface area contributed by atoms with Gasteiger partial charge in [0.05, 0.1) is 12.6 Å². The predicted octanol–water partition coefficient (Wildman–Crippen LogP) is 3.00. The second kappa shape index (κ2) is 6.43. The SMILES string of the molecule is CCOC(=O)c1nnn(C(C)c2ccccc2)c1C(F)F. The second-order valence-corrected chi connectivity index (χ2v) is 4.38. The number of halogens is 2. The Morgan fingerprint density at radius 1 is 1.33 bits per heavy atom. The van der Waals surface area contributed by atoms with Crippen LogP contribution in [0.15, 0.2) is 30.3 Å². The number of esters is 1. The molecule has 112 valence electrons. The predicted molar refractivity (Wildman–Crippen MR) is 71.2 cm³/mol. The molecule has 5 nitrogen and oxygen atoms in total. The molecule has 0 spiro atoms. The first-order chi connectivity index (χ1) is 10.1. The van der Waals surface area contributed by atoms with Gasteiger partial charge in [0.25, 0.3) is 6.43 Å². The van der Waals surface area contributed by atoms with Crippen molar-refractivity contribution in [1.29, 1.82) is 0 Å². The van der Waals surface area contributed by atoms with Crippen LogP contribution in [0, 0.1) is 0 Å². The van der Waals surface area contributed by atoms with Crippen LogP contribution in [0.25, 0.3) is 0 Å². The van der Waals surface area contributed by atoms with Gasteiger partial charge >= 0.3 is 5.97 Å². The van der Waals surface area contributed by atoms with Crippen LogP contribution < -0.4 is 0 Å². The van der Waals surface area contributed by atoms with E-state index in [-0.39, 0.29) is 6.61 Å². The molecular formula is C14H15F2N3O2. The molecule has 1 aromatic carbocycles. The first-order valence-electron chi connectivity index (χ1n) is 6.51. The maximum absolute atomic E-state index is 13.3. The minimum atomic E-state index is -2.87. The first-order valence-corrected chi connectivity index (χ1v) is 6.51. The molecular weight excluding hydrogens is 280 g/mol. The Morgan fingerprint density at radius 3 is 2.57 bits per heavy atom. The highest BCUT2D eigenvalue weighted by Crippen LogP contribution is 2.27. The molecule has 2 aromatic rings. The molecule has 2 rings (SSSR count). The summed E-state index contributed by atoms with van der Waals surface area (Å²) in [5, 5.41) is 7.26. The van der Waals surface area contributed by atoms with E-state index in [2.05, 4.69) is 10.3 Å². The number of aromatic nitrogens is 3. The van der Waals surface area contributed by atoms with E-state index < -0.39 is 29.8 Å². The van der Waals surface area contributed by atoms with E-state index >= 15 is 0 Å². The van der Waals surface area contributed by atoms with Gasteiger partial charge in [-0.2, -0.15) is 0 Å². The van der Waals surface area contributed by atoms with Gasteiger partial charge in [0, 0.05) is 0 Å². The van der Waals surface area contributed by atoms with Crippen molar-refractivity contribution >= 4 is 5.97 Å². The number of alkyl halides is 2. The molecule has 0 aliphatic rings. The van der Waals surface area contributed by atoms with Gasteiger partial charge in [-0.05, 0) is 19.4 Å². The standard InChI is InChI=1S/C14H15F2N3O2/c1-3-21-14(20)11-12(13(15)16)19(18-17-11)9(2)10-7-5-4-6-8-10/h4-9,13H,3H2,1-2H3. The van der Waals surface area contributed by atoms with Crippen molar-refractivity contribution < 1.29 is 18.3 Å². The molecule has 0 bridgehead atoms. The van der Waals surface area contributed by atoms with E-state index in [1.807, 2.05) is 6.07 Å². The normalized spacial score (nSPS) is 12.4. The average Bonchev–Trinajstić information content (AvgIpc) is 2.92. The maximum Gasteiger partial charge on any atom is 0.361 e. The summed E-state index contributed by atoms with van der Waals surface area (Å²) in [5.41, 5.74) is -0.167. The van der Waals surface area contributed by atoms with Gasteiger partial charge in [0.1, 0.15) is 5.69 Å². The molecule has 7 heteroatoms. The van der Waals surface area contributed by atoms with E-state index in [0.717, 1.165) is 10.2 Å². The third-order valence-electron chi connectivity index (χ3n) is 3.05. The summed E-state index contributed by atoms with van der Waals surface area (Å²) in [6.07, 6.45) is -2.87. The lowest BCUT2D eigenvalue weighted by Crippen LogP contribution is -2.15. The summed E-state index contributed by atoms with van der Waals surface area (Å²) in [6.45, 7) is 3.39. The molecule has 0 amide bonds. The Labute approximate surface area is 120 Å². The molecule has 1 unspecified atom stereocenters. The van der Waals surface area contributed by atoms with Crippen LogP contribution >= 0.6 is 0 Å². The zero-order valence-corrected chi connectivity index (χ0v) is 11.7. The molecule has 0 radical (unpaired) electrons. The molecule has 1 heterocycles. The smallest absolute Gasteiger partial charge is 0.361 e. The molecule has 21 heavy (non-hydrogen) atoms. The number of ether oxygens (including phenoxy) is 1. The third kappa shape index (κ3) is 3.07. The van der Waals surface area contributed by atoms with Gasteiger partial charge in [-0.25, -0.2) is 18.3 Å². The Hall–Kier alpha value is -2.31. The van der Waals surface area contributed by atoms with Crippen LogP contribution in [0.3, 0.4) is 0 Å². The quantitative estimate of drug-likeness (QED) is 0.796. The monoisotopic (exact) mass is 295 g/mol. The molecule has 0 aliphatic carbocycles. The molecule has 1 atom stereocenters. The average molecular weight is 295 g/mol. The molecule has 0 saturated heterocycles. The molecule has 0 N–H and O–H groups in total. The lowest BCUT2D eigenvalue weighted by Gasteiger charge is -2.15. The van der Waals surface area contributed by atoms with Crippen molar-refractivity contribution in [2.45, 2.75) is 26.3 Å². The van der Waals surface area contributed by atoms with E-state index in [9.17, 15) is 13.6 Å². The summed E-state index contributed by atoms with van der Waals surface area (Å²) in [7, 11) is 0. The fraction of sp³-hybridized carbons (Fsp3) is 0.357. The van der Waals surface area contributed by atoms with Crippen LogP contribution in [0.1, 0.15) is 48.1 Å². The minimum absolute atomic E-state index is 0.0859. The van der Waals surface area contributed by atoms with E-state index in [4.69, 9.17) is 4.74 Å². The van der Waals surface area contributed by atoms with Crippen LogP contribution in [0.5, 0.6) is 0 Å². The van der Waals surface area contributed by atoms with Gasteiger partial charge in [0.2, 0.25) is 0 Å². The van der Waals surface area contributed by atoms with Gasteiger partial charge in [0.15, 0.2) is 5.69 Å². The number of hydrogen-bond donors (Lipinski definition) is 0. The zero-order chi connectivity index (χ0) is 15.4. The van der Waals surface area contributed by atoms with Crippen LogP contribution in [0.4, 0.5) is 8.78 Å². The largest absolute Gasteiger partial charge is 0.461 e. The van der Waals surface area contributed by atoms with Gasteiger partial charge in [-0.1, -0.05) is 35.5 Å². The fourth-order valence-electron chi connectivity index (χ4n) is 2.01. The first kappa shape index (κ1) is 15.1. The van der Waals surface area contributed by atoms with E-state index in [0.29, 0.717) is 0 Å². The highest BCUT2D eigenvalue weighted by molar-refractivity contribution is 5.88. The summed E-state index contributed by atoms with van der Waals surface area (Å²) < 4.78 is 32.4. The van der Waals surface area contributed by atoms with Crippen molar-refractivity contribution in [3.8, 4) is 0 Å². The number of carbonyl (C=O) groups is 1.